The minimum atomic E-state index is -0.474. The third-order valence-corrected chi connectivity index (χ3v) is 3.71. The molecule has 0 aromatic heterocycles. The molecule has 0 saturated heterocycles. The van der Waals surface area contributed by atoms with Gasteiger partial charge in [-0.1, -0.05) is 30.9 Å². The van der Waals surface area contributed by atoms with Gasteiger partial charge in [0, 0.05) is 11.3 Å². The number of hydrogen-bond donors (Lipinski definition) is 2. The molecule has 2 aromatic rings. The Hall–Kier alpha value is -3.67. The maximum absolute atomic E-state index is 12.6. The molecular formula is C22H22N2O4. The molecule has 2 N–H and O–H groups in total. The Morgan fingerprint density at radius 3 is 2.18 bits per heavy atom. The normalized spacial score (nSPS) is 9.79. The van der Waals surface area contributed by atoms with Crippen molar-refractivity contribution >= 4 is 23.5 Å². The van der Waals surface area contributed by atoms with Crippen molar-refractivity contribution in [3.05, 3.63) is 89.6 Å². The zero-order valence-corrected chi connectivity index (χ0v) is 15.8. The number of carbonyl (C=O) groups is 3. The summed E-state index contributed by atoms with van der Waals surface area (Å²) in [6.45, 7) is 7.08. The first kappa shape index (κ1) is 20.6. The first-order valence-electron chi connectivity index (χ1n) is 8.65. The zero-order chi connectivity index (χ0) is 20.5. The highest BCUT2D eigenvalue weighted by Gasteiger charge is 2.16. The Morgan fingerprint density at radius 2 is 1.61 bits per heavy atom. The smallest absolute Gasteiger partial charge is 0.338 e. The number of benzene rings is 2. The average molecular weight is 378 g/mol. The van der Waals surface area contributed by atoms with Gasteiger partial charge in [-0.05, 0) is 55.8 Å². The highest BCUT2D eigenvalue weighted by Crippen LogP contribution is 2.13. The molecule has 0 unspecified atom stereocenters. The maximum atomic E-state index is 12.6. The monoisotopic (exact) mass is 378 g/mol. The second kappa shape index (κ2) is 9.87. The van der Waals surface area contributed by atoms with E-state index in [9.17, 15) is 14.4 Å². The molecule has 0 saturated carbocycles. The van der Waals surface area contributed by atoms with Crippen molar-refractivity contribution in [1.29, 1.82) is 0 Å². The van der Waals surface area contributed by atoms with E-state index in [4.69, 9.17) is 4.74 Å². The van der Waals surface area contributed by atoms with Gasteiger partial charge in [-0.15, -0.1) is 0 Å². The Balaban J connectivity index is 2.06. The summed E-state index contributed by atoms with van der Waals surface area (Å²) < 4.78 is 4.95. The SMILES string of the molecule is C=CCOC(=O)c1ccc(NC(=O)C(NC(=O)c2ccccc2)=C(C)C)cc1. The topological polar surface area (TPSA) is 84.5 Å². The summed E-state index contributed by atoms with van der Waals surface area (Å²) in [5.41, 5.74) is 2.13. The molecule has 6 nitrogen and oxygen atoms in total. The van der Waals surface area contributed by atoms with Gasteiger partial charge in [0.15, 0.2) is 0 Å². The zero-order valence-electron chi connectivity index (χ0n) is 15.8. The predicted octanol–water partition coefficient (Wildman–Crippen LogP) is 3.69. The van der Waals surface area contributed by atoms with Crippen LogP contribution in [0.2, 0.25) is 0 Å². The number of hydrogen-bond acceptors (Lipinski definition) is 4. The first-order valence-corrected chi connectivity index (χ1v) is 8.65. The van der Waals surface area contributed by atoms with E-state index >= 15 is 0 Å². The van der Waals surface area contributed by atoms with Crippen LogP contribution >= 0.6 is 0 Å². The number of esters is 1. The van der Waals surface area contributed by atoms with Crippen molar-refractivity contribution in [2.75, 3.05) is 11.9 Å². The van der Waals surface area contributed by atoms with Crippen LogP contribution in [-0.4, -0.2) is 24.4 Å². The van der Waals surface area contributed by atoms with Crippen LogP contribution in [0.1, 0.15) is 34.6 Å². The van der Waals surface area contributed by atoms with Crippen molar-refractivity contribution in [2.45, 2.75) is 13.8 Å². The number of carbonyl (C=O) groups excluding carboxylic acids is 3. The molecule has 144 valence electrons. The van der Waals surface area contributed by atoms with E-state index < -0.39 is 11.9 Å². The third kappa shape index (κ3) is 5.67. The molecule has 2 amide bonds. The third-order valence-electron chi connectivity index (χ3n) is 3.71. The summed E-state index contributed by atoms with van der Waals surface area (Å²) >= 11 is 0. The van der Waals surface area contributed by atoms with Crippen molar-refractivity contribution in [1.82, 2.24) is 5.32 Å². The molecule has 0 atom stereocenters. The molecule has 0 aliphatic carbocycles. The summed E-state index contributed by atoms with van der Waals surface area (Å²) in [5.74, 6) is -1.29. The predicted molar refractivity (Wildman–Crippen MR) is 108 cm³/mol. The molecule has 0 spiro atoms. The van der Waals surface area contributed by atoms with Gasteiger partial charge >= 0.3 is 5.97 Å². The highest BCUT2D eigenvalue weighted by molar-refractivity contribution is 6.08. The summed E-state index contributed by atoms with van der Waals surface area (Å²) in [6.07, 6.45) is 1.48. The number of amides is 2. The van der Waals surface area contributed by atoms with Gasteiger partial charge in [0.05, 0.1) is 5.56 Å². The fourth-order valence-corrected chi connectivity index (χ4v) is 2.29. The molecule has 0 aliphatic heterocycles. The van der Waals surface area contributed by atoms with Crippen LogP contribution in [0.4, 0.5) is 5.69 Å². The Bertz CT molecular complexity index is 896. The van der Waals surface area contributed by atoms with E-state index in [-0.39, 0.29) is 18.2 Å². The molecule has 28 heavy (non-hydrogen) atoms. The highest BCUT2D eigenvalue weighted by atomic mass is 16.5. The Kier molecular flexibility index (Phi) is 7.28. The van der Waals surface area contributed by atoms with Crippen LogP contribution in [0, 0.1) is 0 Å². The Morgan fingerprint density at radius 1 is 0.964 bits per heavy atom. The second-order valence-corrected chi connectivity index (χ2v) is 6.11. The number of ether oxygens (including phenoxy) is 1. The summed E-state index contributed by atoms with van der Waals surface area (Å²) in [6, 6.07) is 14.9. The van der Waals surface area contributed by atoms with Crippen LogP contribution < -0.4 is 10.6 Å². The Labute approximate surface area is 163 Å². The van der Waals surface area contributed by atoms with E-state index in [1.165, 1.54) is 6.08 Å². The lowest BCUT2D eigenvalue weighted by atomic mass is 10.1. The number of anilines is 1. The average Bonchev–Trinajstić information content (AvgIpc) is 2.70. The van der Waals surface area contributed by atoms with Crippen molar-refractivity contribution in [3.63, 3.8) is 0 Å². The summed E-state index contributed by atoms with van der Waals surface area (Å²) in [4.78, 5) is 36.7. The van der Waals surface area contributed by atoms with Crippen molar-refractivity contribution in [3.8, 4) is 0 Å². The van der Waals surface area contributed by atoms with Gasteiger partial charge in [0.2, 0.25) is 0 Å². The molecule has 0 aliphatic rings. The van der Waals surface area contributed by atoms with Crippen LogP contribution in [-0.2, 0) is 9.53 Å². The standard InChI is InChI=1S/C22H22N2O4/c1-4-14-28-22(27)17-10-12-18(13-11-17)23-21(26)19(15(2)3)24-20(25)16-8-6-5-7-9-16/h4-13H,1,14H2,2-3H3,(H,23,26)(H,24,25). The quantitative estimate of drug-likeness (QED) is 0.437. The number of allylic oxidation sites excluding steroid dienone is 1. The summed E-state index contributed by atoms with van der Waals surface area (Å²) in [7, 11) is 0. The first-order chi connectivity index (χ1) is 13.4. The maximum Gasteiger partial charge on any atom is 0.338 e. The summed E-state index contributed by atoms with van der Waals surface area (Å²) in [5, 5.41) is 5.36. The van der Waals surface area contributed by atoms with Crippen LogP contribution in [0.15, 0.2) is 78.5 Å². The molecule has 2 aromatic carbocycles. The fourth-order valence-electron chi connectivity index (χ4n) is 2.29. The minimum absolute atomic E-state index is 0.127. The van der Waals surface area contributed by atoms with E-state index in [0.29, 0.717) is 22.4 Å². The number of nitrogens with one attached hydrogen (secondary N) is 2. The molecule has 0 heterocycles. The molecule has 0 radical (unpaired) electrons. The van der Waals surface area contributed by atoms with Gasteiger partial charge in [0.25, 0.3) is 11.8 Å². The molecule has 2 rings (SSSR count). The lowest BCUT2D eigenvalue weighted by Crippen LogP contribution is -2.31. The minimum Gasteiger partial charge on any atom is -0.458 e. The van der Waals surface area contributed by atoms with Crippen LogP contribution in [0.5, 0.6) is 0 Å². The fraction of sp³-hybridized carbons (Fsp3) is 0.136. The van der Waals surface area contributed by atoms with E-state index in [1.54, 1.807) is 62.4 Å². The van der Waals surface area contributed by atoms with E-state index in [1.807, 2.05) is 6.07 Å². The van der Waals surface area contributed by atoms with Gasteiger partial charge < -0.3 is 15.4 Å². The van der Waals surface area contributed by atoms with Gasteiger partial charge in [0.1, 0.15) is 12.3 Å². The van der Waals surface area contributed by atoms with Crippen molar-refractivity contribution in [2.24, 2.45) is 0 Å². The molecular weight excluding hydrogens is 356 g/mol. The molecule has 0 fully saturated rings. The van der Waals surface area contributed by atoms with Crippen LogP contribution in [0.3, 0.4) is 0 Å². The van der Waals surface area contributed by atoms with Gasteiger partial charge in [-0.25, -0.2) is 4.79 Å². The lowest BCUT2D eigenvalue weighted by molar-refractivity contribution is -0.113. The van der Waals surface area contributed by atoms with Crippen molar-refractivity contribution < 1.29 is 19.1 Å². The molecule has 6 heteroatoms. The second-order valence-electron chi connectivity index (χ2n) is 6.11. The molecule has 0 bridgehead atoms. The van der Waals surface area contributed by atoms with Gasteiger partial charge in [-0.2, -0.15) is 0 Å². The van der Waals surface area contributed by atoms with Gasteiger partial charge in [-0.3, -0.25) is 9.59 Å². The van der Waals surface area contributed by atoms with E-state index in [0.717, 1.165) is 0 Å². The van der Waals surface area contributed by atoms with Crippen LogP contribution in [0.25, 0.3) is 0 Å². The number of rotatable bonds is 7. The van der Waals surface area contributed by atoms with E-state index in [2.05, 4.69) is 17.2 Å². The lowest BCUT2D eigenvalue weighted by Gasteiger charge is -2.13. The largest absolute Gasteiger partial charge is 0.458 e.